The van der Waals surface area contributed by atoms with Crippen LogP contribution in [0.3, 0.4) is 0 Å². The van der Waals surface area contributed by atoms with Gasteiger partial charge in [-0.15, -0.1) is 0 Å². The lowest BCUT2D eigenvalue weighted by molar-refractivity contribution is -0.147. The molecular weight excluding hydrogens is 394 g/mol. The molecule has 0 aromatic carbocycles. The van der Waals surface area contributed by atoms with Crippen LogP contribution in [0.15, 0.2) is 11.6 Å². The molecule has 2 heterocycles. The first kappa shape index (κ1) is 20.9. The van der Waals surface area contributed by atoms with Crippen molar-refractivity contribution in [2.45, 2.75) is 116 Å². The first-order chi connectivity index (χ1) is 15.1. The second-order valence-corrected chi connectivity index (χ2v) is 14.3. The maximum atomic E-state index is 10.4. The van der Waals surface area contributed by atoms with E-state index in [1.54, 1.807) is 5.57 Å². The van der Waals surface area contributed by atoms with Crippen LogP contribution in [0.2, 0.25) is 0 Å². The summed E-state index contributed by atoms with van der Waals surface area (Å²) in [5.74, 6) is 3.88. The van der Waals surface area contributed by atoms with Crippen molar-refractivity contribution in [1.82, 2.24) is 5.32 Å². The molecule has 0 aromatic rings. The molecule has 3 heteroatoms. The zero-order chi connectivity index (χ0) is 22.3. The van der Waals surface area contributed by atoms with Crippen molar-refractivity contribution in [2.24, 2.45) is 45.8 Å². The van der Waals surface area contributed by atoms with Crippen molar-refractivity contribution >= 4 is 0 Å². The first-order valence-electron chi connectivity index (χ1n) is 13.9. The van der Waals surface area contributed by atoms with Gasteiger partial charge in [-0.05, 0) is 106 Å². The number of allylic oxidation sites excluding steroid dienone is 1. The number of hydrogen-bond donors (Lipinski definition) is 2. The summed E-state index contributed by atoms with van der Waals surface area (Å²) >= 11 is 0. The minimum Gasteiger partial charge on any atom is -0.393 e. The number of aliphatic hydroxyl groups excluding tert-OH is 1. The molecule has 32 heavy (non-hydrogen) atoms. The molecule has 7 unspecified atom stereocenters. The van der Waals surface area contributed by atoms with Crippen LogP contribution in [0.1, 0.15) is 92.4 Å². The molecule has 7 rings (SSSR count). The van der Waals surface area contributed by atoms with Crippen molar-refractivity contribution in [3.8, 4) is 0 Å². The fourth-order valence-corrected chi connectivity index (χ4v) is 11.3. The van der Waals surface area contributed by atoms with Gasteiger partial charge >= 0.3 is 0 Å². The average molecular weight is 440 g/mol. The zero-order valence-corrected chi connectivity index (χ0v) is 21.0. The topological polar surface area (TPSA) is 41.5 Å². The Balaban J connectivity index is 1.24. The van der Waals surface area contributed by atoms with E-state index in [0.717, 1.165) is 37.1 Å². The van der Waals surface area contributed by atoms with Crippen LogP contribution in [-0.2, 0) is 4.74 Å². The van der Waals surface area contributed by atoms with Gasteiger partial charge in [0, 0.05) is 16.9 Å². The van der Waals surface area contributed by atoms with Crippen LogP contribution in [-0.4, -0.2) is 35.0 Å². The van der Waals surface area contributed by atoms with Gasteiger partial charge < -0.3 is 15.2 Å². The summed E-state index contributed by atoms with van der Waals surface area (Å²) in [7, 11) is 0. The Morgan fingerprint density at radius 1 is 1.09 bits per heavy atom. The van der Waals surface area contributed by atoms with Gasteiger partial charge in [-0.3, -0.25) is 0 Å². The SMILES string of the molecule is C[C@@H]1CNC2(C)[C@@H](C)C3(CCC4C5CC=C6C[C@@H](O)CCC6(C)[C@H]5CC45CC53C)O[C@@H]2C1. The molecule has 0 aromatic heterocycles. The second-order valence-electron chi connectivity index (χ2n) is 14.3. The summed E-state index contributed by atoms with van der Waals surface area (Å²) in [5.41, 5.74) is 2.99. The van der Waals surface area contributed by atoms with E-state index in [1.165, 1.54) is 44.9 Å². The minimum absolute atomic E-state index is 0.0629. The van der Waals surface area contributed by atoms with Gasteiger partial charge in [0.15, 0.2) is 0 Å². The van der Waals surface area contributed by atoms with E-state index in [-0.39, 0.29) is 17.2 Å². The molecule has 2 saturated heterocycles. The highest BCUT2D eigenvalue weighted by atomic mass is 16.5. The predicted molar refractivity (Wildman–Crippen MR) is 127 cm³/mol. The number of rotatable bonds is 0. The van der Waals surface area contributed by atoms with Gasteiger partial charge in [0.2, 0.25) is 0 Å². The largest absolute Gasteiger partial charge is 0.393 e. The summed E-state index contributed by atoms with van der Waals surface area (Å²) < 4.78 is 7.33. The maximum Gasteiger partial charge on any atom is 0.0790 e. The number of aliphatic hydroxyl groups is 1. The Bertz CT molecular complexity index is 884. The number of piperidine rings is 1. The molecule has 3 nitrogen and oxygen atoms in total. The number of nitrogens with one attached hydrogen (secondary N) is 1. The molecule has 0 bridgehead atoms. The molecule has 7 aliphatic rings. The molecule has 178 valence electrons. The fourth-order valence-electron chi connectivity index (χ4n) is 11.3. The summed E-state index contributed by atoms with van der Waals surface area (Å²) in [5, 5.41) is 14.3. The standard InChI is InChI=1S/C29H45NO2/c1-17-12-24-27(5,30-15-17)18(2)29(32-24)11-9-22-21-7-6-19-13-20(31)8-10-25(19,3)23(21)14-28(22)16-26(28,29)4/h6,17-18,20-24,30-31H,7-16H2,1-5H3/t17-,18+,20-,21?,22?,23-,24+,25?,26?,27?,28?,29?/m0/s1. The Labute approximate surface area is 195 Å². The quantitative estimate of drug-likeness (QED) is 0.492. The Kier molecular flexibility index (Phi) is 3.96. The molecule has 0 amide bonds. The molecule has 4 saturated carbocycles. The van der Waals surface area contributed by atoms with Crippen LogP contribution in [0.25, 0.3) is 0 Å². The summed E-state index contributed by atoms with van der Waals surface area (Å²) in [6.45, 7) is 13.8. The van der Waals surface area contributed by atoms with Gasteiger partial charge in [0.05, 0.1) is 17.8 Å². The molecule has 12 atom stereocenters. The van der Waals surface area contributed by atoms with Crippen LogP contribution < -0.4 is 5.32 Å². The highest BCUT2D eigenvalue weighted by Crippen LogP contribution is 2.87. The van der Waals surface area contributed by atoms with E-state index >= 15 is 0 Å². The van der Waals surface area contributed by atoms with E-state index < -0.39 is 0 Å². The Hall–Kier alpha value is -0.380. The third-order valence-corrected chi connectivity index (χ3v) is 13.4. The van der Waals surface area contributed by atoms with Crippen molar-refractivity contribution < 1.29 is 9.84 Å². The first-order valence-corrected chi connectivity index (χ1v) is 13.9. The van der Waals surface area contributed by atoms with Gasteiger partial charge in [0.25, 0.3) is 0 Å². The lowest BCUT2D eigenvalue weighted by atomic mass is 9.56. The molecule has 6 fully saturated rings. The zero-order valence-electron chi connectivity index (χ0n) is 21.0. The summed E-state index contributed by atoms with van der Waals surface area (Å²) in [6, 6.07) is 0. The van der Waals surface area contributed by atoms with E-state index in [1.807, 2.05) is 0 Å². The van der Waals surface area contributed by atoms with Crippen molar-refractivity contribution in [3.63, 3.8) is 0 Å². The normalized spacial score (nSPS) is 64.8. The highest BCUT2D eigenvalue weighted by Gasteiger charge is 2.85. The highest BCUT2D eigenvalue weighted by molar-refractivity contribution is 5.36. The lowest BCUT2D eigenvalue weighted by Crippen LogP contribution is -2.60. The monoisotopic (exact) mass is 439 g/mol. The van der Waals surface area contributed by atoms with Gasteiger partial charge in [0.1, 0.15) is 0 Å². The minimum atomic E-state index is -0.103. The lowest BCUT2D eigenvalue weighted by Gasteiger charge is -2.50. The molecular formula is C29H45NO2. The Morgan fingerprint density at radius 2 is 1.91 bits per heavy atom. The molecule has 0 radical (unpaired) electrons. The second kappa shape index (κ2) is 6.05. The smallest absolute Gasteiger partial charge is 0.0790 e. The van der Waals surface area contributed by atoms with Crippen molar-refractivity contribution in [2.75, 3.05) is 6.54 Å². The van der Waals surface area contributed by atoms with E-state index in [9.17, 15) is 5.11 Å². The predicted octanol–water partition coefficient (Wildman–Crippen LogP) is 5.47. The van der Waals surface area contributed by atoms with Crippen LogP contribution in [0.4, 0.5) is 0 Å². The number of ether oxygens (including phenoxy) is 1. The third kappa shape index (κ3) is 2.13. The Morgan fingerprint density at radius 3 is 2.72 bits per heavy atom. The van der Waals surface area contributed by atoms with Crippen molar-refractivity contribution in [3.05, 3.63) is 11.6 Å². The number of fused-ring (bicyclic) bond motifs is 6. The molecule has 2 N–H and O–H groups in total. The summed E-state index contributed by atoms with van der Waals surface area (Å²) in [6.07, 6.45) is 14.0. The maximum absolute atomic E-state index is 10.4. The number of hydrogen-bond acceptors (Lipinski definition) is 3. The van der Waals surface area contributed by atoms with Gasteiger partial charge in [-0.2, -0.15) is 0 Å². The van der Waals surface area contributed by atoms with Crippen LogP contribution in [0.5, 0.6) is 0 Å². The van der Waals surface area contributed by atoms with Gasteiger partial charge in [-0.1, -0.05) is 39.3 Å². The average Bonchev–Trinajstić information content (AvgIpc) is 3.15. The van der Waals surface area contributed by atoms with E-state index in [4.69, 9.17) is 4.74 Å². The fraction of sp³-hybridized carbons (Fsp3) is 0.931. The van der Waals surface area contributed by atoms with E-state index in [2.05, 4.69) is 46.0 Å². The van der Waals surface area contributed by atoms with Crippen molar-refractivity contribution in [1.29, 1.82) is 0 Å². The third-order valence-electron chi connectivity index (χ3n) is 13.4. The molecule has 2 spiro atoms. The van der Waals surface area contributed by atoms with E-state index in [0.29, 0.717) is 34.2 Å². The molecule has 2 aliphatic heterocycles. The van der Waals surface area contributed by atoms with Crippen LogP contribution in [0, 0.1) is 45.8 Å². The summed E-state index contributed by atoms with van der Waals surface area (Å²) in [4.78, 5) is 0. The van der Waals surface area contributed by atoms with Crippen LogP contribution >= 0.6 is 0 Å². The molecule has 5 aliphatic carbocycles. The van der Waals surface area contributed by atoms with Gasteiger partial charge in [-0.25, -0.2) is 0 Å².